The second-order valence-electron chi connectivity index (χ2n) is 2.16. The zero-order chi connectivity index (χ0) is 11.6. The lowest BCUT2D eigenvalue weighted by Gasteiger charge is -2.03. The lowest BCUT2D eigenvalue weighted by Crippen LogP contribution is -2.32. The normalized spacial score (nSPS) is 14.4. The molecule has 5 heteroatoms. The van der Waals surface area contributed by atoms with Crippen LogP contribution in [0.25, 0.3) is 0 Å². The van der Waals surface area contributed by atoms with Gasteiger partial charge in [0.05, 0.1) is 11.2 Å². The van der Waals surface area contributed by atoms with Gasteiger partial charge in [-0.1, -0.05) is 6.07 Å². The minimum absolute atomic E-state index is 0.197. The van der Waals surface area contributed by atoms with Crippen molar-refractivity contribution in [3.63, 3.8) is 0 Å². The standard InChI is InChI=1S/C7H8BFO3/c1-12-5-2-3-6(8(10)11)7(9)4-5/h2-4,10-11H,1H3/i1D3. The molecule has 0 heterocycles. The summed E-state index contributed by atoms with van der Waals surface area (Å²) in [6.45, 7) is 0. The maximum atomic E-state index is 13.1. The average Bonchev–Trinajstić information content (AvgIpc) is 1.99. The molecule has 0 aliphatic rings. The Kier molecular flexibility index (Phi) is 1.65. The summed E-state index contributed by atoms with van der Waals surface area (Å²) in [7, 11) is -4.60. The molecule has 0 amide bonds. The first-order chi connectivity index (χ1) is 6.79. The second-order valence-corrected chi connectivity index (χ2v) is 2.16. The van der Waals surface area contributed by atoms with Crippen molar-refractivity contribution in [2.75, 3.05) is 7.04 Å². The number of rotatable bonds is 2. The van der Waals surface area contributed by atoms with Crippen molar-refractivity contribution in [2.24, 2.45) is 0 Å². The van der Waals surface area contributed by atoms with Gasteiger partial charge in [-0.2, -0.15) is 0 Å². The molecule has 0 atom stereocenters. The number of hydrogen-bond acceptors (Lipinski definition) is 3. The molecule has 0 radical (unpaired) electrons. The topological polar surface area (TPSA) is 49.7 Å². The highest BCUT2D eigenvalue weighted by molar-refractivity contribution is 6.58. The fraction of sp³-hybridized carbons (Fsp3) is 0.143. The van der Waals surface area contributed by atoms with Crippen LogP contribution in [0.2, 0.25) is 0 Å². The SMILES string of the molecule is [2H]C([2H])([2H])Oc1ccc(B(O)O)c(F)c1. The summed E-state index contributed by atoms with van der Waals surface area (Å²) >= 11 is 0. The fourth-order valence-electron chi connectivity index (χ4n) is 0.781. The third-order valence-corrected chi connectivity index (χ3v) is 1.37. The smallest absolute Gasteiger partial charge is 0.491 e. The summed E-state index contributed by atoms with van der Waals surface area (Å²) in [5, 5.41) is 17.4. The Morgan fingerprint density at radius 2 is 2.33 bits per heavy atom. The molecule has 0 saturated carbocycles. The highest BCUT2D eigenvalue weighted by atomic mass is 19.1. The van der Waals surface area contributed by atoms with Gasteiger partial charge < -0.3 is 14.8 Å². The summed E-state index contributed by atoms with van der Waals surface area (Å²) < 4.78 is 37.8. The number of halogens is 1. The van der Waals surface area contributed by atoms with Gasteiger partial charge in [-0.15, -0.1) is 0 Å². The van der Waals surface area contributed by atoms with Gasteiger partial charge in [-0.05, 0) is 6.07 Å². The zero-order valence-electron chi connectivity index (χ0n) is 8.99. The number of hydrogen-bond donors (Lipinski definition) is 2. The minimum Gasteiger partial charge on any atom is -0.497 e. The van der Waals surface area contributed by atoms with Crippen LogP contribution < -0.4 is 10.2 Å². The zero-order valence-corrected chi connectivity index (χ0v) is 5.99. The molecular weight excluding hydrogens is 162 g/mol. The van der Waals surface area contributed by atoms with Crippen LogP contribution in [0.15, 0.2) is 18.2 Å². The van der Waals surface area contributed by atoms with Crippen molar-refractivity contribution in [3.05, 3.63) is 24.0 Å². The van der Waals surface area contributed by atoms with E-state index in [2.05, 4.69) is 4.74 Å². The van der Waals surface area contributed by atoms with Crippen LogP contribution in [0.5, 0.6) is 5.75 Å². The van der Waals surface area contributed by atoms with Gasteiger partial charge in [0.2, 0.25) is 0 Å². The van der Waals surface area contributed by atoms with Gasteiger partial charge in [0, 0.05) is 11.5 Å². The highest BCUT2D eigenvalue weighted by Gasteiger charge is 2.16. The number of methoxy groups -OCH3 is 1. The van der Waals surface area contributed by atoms with Gasteiger partial charge in [0.15, 0.2) is 0 Å². The van der Waals surface area contributed by atoms with Gasteiger partial charge >= 0.3 is 7.12 Å². The number of ether oxygens (including phenoxy) is 1. The molecule has 0 aliphatic carbocycles. The van der Waals surface area contributed by atoms with E-state index in [1.54, 1.807) is 0 Å². The summed E-state index contributed by atoms with van der Waals surface area (Å²) in [5.41, 5.74) is -0.340. The molecule has 1 rings (SSSR count). The molecule has 1 aromatic rings. The van der Waals surface area contributed by atoms with Crippen molar-refractivity contribution in [1.29, 1.82) is 0 Å². The molecule has 0 aliphatic heterocycles. The predicted octanol–water partition coefficient (Wildman–Crippen LogP) is -0.486. The van der Waals surface area contributed by atoms with Crippen LogP contribution in [0, 0.1) is 5.82 Å². The van der Waals surface area contributed by atoms with Gasteiger partial charge in [-0.25, -0.2) is 4.39 Å². The van der Waals surface area contributed by atoms with Gasteiger partial charge in [-0.3, -0.25) is 0 Å². The van der Waals surface area contributed by atoms with Gasteiger partial charge in [0.25, 0.3) is 0 Å². The second kappa shape index (κ2) is 3.56. The van der Waals surface area contributed by atoms with E-state index in [9.17, 15) is 4.39 Å². The van der Waals surface area contributed by atoms with E-state index in [0.29, 0.717) is 0 Å². The Bertz CT molecular complexity index is 356. The molecule has 64 valence electrons. The third kappa shape index (κ3) is 1.75. The van der Waals surface area contributed by atoms with Crippen molar-refractivity contribution >= 4 is 12.6 Å². The van der Waals surface area contributed by atoms with Crippen LogP contribution >= 0.6 is 0 Å². The number of benzene rings is 1. The monoisotopic (exact) mass is 173 g/mol. The van der Waals surface area contributed by atoms with E-state index < -0.39 is 20.0 Å². The molecule has 1 aromatic carbocycles. The summed E-state index contributed by atoms with van der Waals surface area (Å²) in [4.78, 5) is 0. The molecule has 12 heavy (non-hydrogen) atoms. The molecule has 0 fully saturated rings. The molecule has 0 saturated heterocycles. The Hall–Kier alpha value is -1.07. The summed E-state index contributed by atoms with van der Waals surface area (Å²) in [6, 6.07) is 2.96. The molecule has 3 nitrogen and oxygen atoms in total. The quantitative estimate of drug-likeness (QED) is 0.593. The molecule has 0 bridgehead atoms. The lowest BCUT2D eigenvalue weighted by atomic mass is 9.80. The van der Waals surface area contributed by atoms with E-state index in [1.807, 2.05) is 0 Å². The first-order valence-corrected chi connectivity index (χ1v) is 3.14. The van der Waals surface area contributed by atoms with Crippen molar-refractivity contribution < 1.29 is 23.3 Å². The van der Waals surface area contributed by atoms with Crippen molar-refractivity contribution in [3.8, 4) is 5.75 Å². The summed E-state index contributed by atoms with van der Waals surface area (Å²) in [6.07, 6.45) is 0. The third-order valence-electron chi connectivity index (χ3n) is 1.37. The van der Waals surface area contributed by atoms with E-state index in [4.69, 9.17) is 14.2 Å². The molecule has 0 spiro atoms. The van der Waals surface area contributed by atoms with Crippen LogP contribution in [0.1, 0.15) is 4.11 Å². The lowest BCUT2D eigenvalue weighted by molar-refractivity contribution is 0.409. The summed E-state index contributed by atoms with van der Waals surface area (Å²) in [5.74, 6) is -1.14. The van der Waals surface area contributed by atoms with Crippen LogP contribution in [0.4, 0.5) is 4.39 Å². The Labute approximate surface area is 73.8 Å². The highest BCUT2D eigenvalue weighted by Crippen LogP contribution is 2.09. The van der Waals surface area contributed by atoms with E-state index in [0.717, 1.165) is 18.2 Å². The predicted molar refractivity (Wildman–Crippen MR) is 42.8 cm³/mol. The molecular formula is C7H8BFO3. The average molecular weight is 173 g/mol. The van der Waals surface area contributed by atoms with E-state index in [-0.39, 0.29) is 11.2 Å². The van der Waals surface area contributed by atoms with Crippen molar-refractivity contribution in [1.82, 2.24) is 0 Å². The maximum Gasteiger partial charge on any atom is 0.491 e. The molecule has 0 aromatic heterocycles. The first kappa shape index (κ1) is 5.56. The Morgan fingerprint density at radius 1 is 1.58 bits per heavy atom. The van der Waals surface area contributed by atoms with Crippen LogP contribution in [-0.4, -0.2) is 24.2 Å². The largest absolute Gasteiger partial charge is 0.497 e. The van der Waals surface area contributed by atoms with E-state index >= 15 is 0 Å². The Balaban J connectivity index is 2.92. The minimum atomic E-state index is -2.66. The maximum absolute atomic E-state index is 13.1. The van der Waals surface area contributed by atoms with E-state index in [1.165, 1.54) is 0 Å². The fourth-order valence-corrected chi connectivity index (χ4v) is 0.781. The Morgan fingerprint density at radius 3 is 2.83 bits per heavy atom. The molecule has 0 unspecified atom stereocenters. The van der Waals surface area contributed by atoms with Gasteiger partial charge in [0.1, 0.15) is 11.6 Å². The van der Waals surface area contributed by atoms with Crippen LogP contribution in [0.3, 0.4) is 0 Å². The van der Waals surface area contributed by atoms with Crippen LogP contribution in [-0.2, 0) is 0 Å². The molecule has 2 N–H and O–H groups in total. The first-order valence-electron chi connectivity index (χ1n) is 4.64. The van der Waals surface area contributed by atoms with Crippen molar-refractivity contribution in [2.45, 2.75) is 0 Å².